The normalized spacial score (nSPS) is 20.0. The van der Waals surface area contributed by atoms with Crippen molar-refractivity contribution in [2.45, 2.75) is 39.5 Å². The van der Waals surface area contributed by atoms with Gasteiger partial charge in [-0.05, 0) is 30.0 Å². The lowest BCUT2D eigenvalue weighted by atomic mass is 9.80. The summed E-state index contributed by atoms with van der Waals surface area (Å²) >= 11 is 0. The van der Waals surface area contributed by atoms with E-state index in [1.165, 1.54) is 19.2 Å². The first-order valence-corrected chi connectivity index (χ1v) is 8.72. The fourth-order valence-corrected chi connectivity index (χ4v) is 3.25. The zero-order valence-corrected chi connectivity index (χ0v) is 15.6. The Labute approximate surface area is 156 Å². The average molecular weight is 382 g/mol. The van der Waals surface area contributed by atoms with Crippen molar-refractivity contribution < 1.29 is 22.8 Å². The van der Waals surface area contributed by atoms with Crippen LogP contribution in [0.3, 0.4) is 0 Å². The summed E-state index contributed by atoms with van der Waals surface area (Å²) in [5, 5.41) is 3.99. The molecule has 9 heteroatoms. The zero-order chi connectivity index (χ0) is 19.6. The van der Waals surface area contributed by atoms with Crippen LogP contribution in [0.5, 0.6) is 11.5 Å². The summed E-state index contributed by atoms with van der Waals surface area (Å²) < 4.78 is 39.8. The summed E-state index contributed by atoms with van der Waals surface area (Å²) in [6, 6.07) is 4.69. The fraction of sp³-hybridized carbons (Fsp3) is 0.556. The minimum absolute atomic E-state index is 0.0228. The number of rotatable bonds is 6. The van der Waals surface area contributed by atoms with Gasteiger partial charge in [-0.25, -0.2) is 0 Å². The number of ether oxygens (including phenoxy) is 2. The Balaban J connectivity index is 1.72. The molecular weight excluding hydrogens is 358 g/mol. The lowest BCUT2D eigenvalue weighted by Gasteiger charge is -2.42. The summed E-state index contributed by atoms with van der Waals surface area (Å²) in [5.74, 6) is 0.973. The van der Waals surface area contributed by atoms with Crippen LogP contribution >= 0.6 is 0 Å². The molecule has 0 spiro atoms. The van der Waals surface area contributed by atoms with Gasteiger partial charge >= 0.3 is 6.61 Å². The Morgan fingerprint density at radius 2 is 2.15 bits per heavy atom. The molecule has 1 saturated heterocycles. The molecule has 148 valence electrons. The standard InChI is InChI=1S/C18H24F2N4O3/c1-18(2)10-24(7-6-14(18)21)9-15-22-16(23-27-15)11-4-5-12(26-17(19)20)13(8-11)25-3/h4-5,8,14,17H,6-7,9-10,21H2,1-3H3. The van der Waals surface area contributed by atoms with Crippen LogP contribution in [-0.2, 0) is 6.54 Å². The number of benzene rings is 1. The largest absolute Gasteiger partial charge is 0.493 e. The number of methoxy groups -OCH3 is 1. The predicted molar refractivity (Wildman–Crippen MR) is 94.6 cm³/mol. The van der Waals surface area contributed by atoms with Crippen LogP contribution < -0.4 is 15.2 Å². The van der Waals surface area contributed by atoms with Gasteiger partial charge in [-0.15, -0.1) is 0 Å². The first-order valence-electron chi connectivity index (χ1n) is 8.72. The van der Waals surface area contributed by atoms with Crippen LogP contribution in [0.15, 0.2) is 22.7 Å². The maximum atomic E-state index is 12.4. The van der Waals surface area contributed by atoms with Gasteiger partial charge in [0.1, 0.15) is 0 Å². The van der Waals surface area contributed by atoms with Gasteiger partial charge < -0.3 is 19.7 Å². The van der Waals surface area contributed by atoms with E-state index in [4.69, 9.17) is 15.0 Å². The van der Waals surface area contributed by atoms with E-state index in [0.29, 0.717) is 23.8 Å². The number of likely N-dealkylation sites (tertiary alicyclic amines) is 1. The fourth-order valence-electron chi connectivity index (χ4n) is 3.25. The van der Waals surface area contributed by atoms with Crippen LogP contribution in [0.25, 0.3) is 11.4 Å². The van der Waals surface area contributed by atoms with E-state index >= 15 is 0 Å². The number of nitrogens with zero attached hydrogens (tertiary/aromatic N) is 3. The molecule has 7 nitrogen and oxygen atoms in total. The van der Waals surface area contributed by atoms with Crippen LogP contribution in [0.4, 0.5) is 8.78 Å². The van der Waals surface area contributed by atoms with Crippen LogP contribution in [0, 0.1) is 5.41 Å². The second kappa shape index (κ2) is 7.77. The third kappa shape index (κ3) is 4.54. The van der Waals surface area contributed by atoms with Gasteiger partial charge in [0.15, 0.2) is 11.5 Å². The van der Waals surface area contributed by atoms with Crippen LogP contribution in [-0.4, -0.2) is 47.9 Å². The number of aromatic nitrogens is 2. The average Bonchev–Trinajstić information content (AvgIpc) is 3.06. The summed E-state index contributed by atoms with van der Waals surface area (Å²) in [7, 11) is 1.38. The molecular formula is C18H24F2N4O3. The van der Waals surface area contributed by atoms with E-state index in [1.54, 1.807) is 6.07 Å². The first-order chi connectivity index (χ1) is 12.8. The predicted octanol–water partition coefficient (Wildman–Crippen LogP) is 2.91. The molecule has 27 heavy (non-hydrogen) atoms. The van der Waals surface area contributed by atoms with E-state index in [0.717, 1.165) is 19.5 Å². The van der Waals surface area contributed by atoms with Crippen molar-refractivity contribution in [2.75, 3.05) is 20.2 Å². The first kappa shape index (κ1) is 19.5. The van der Waals surface area contributed by atoms with Crippen molar-refractivity contribution >= 4 is 0 Å². The van der Waals surface area contributed by atoms with E-state index in [2.05, 4.69) is 33.6 Å². The van der Waals surface area contributed by atoms with Gasteiger partial charge in [0.05, 0.1) is 13.7 Å². The minimum atomic E-state index is -2.93. The maximum Gasteiger partial charge on any atom is 0.387 e. The second-order valence-electron chi connectivity index (χ2n) is 7.35. The molecule has 1 aliphatic heterocycles. The quantitative estimate of drug-likeness (QED) is 0.822. The third-order valence-electron chi connectivity index (χ3n) is 4.86. The summed E-state index contributed by atoms with van der Waals surface area (Å²) in [5.41, 5.74) is 6.78. The van der Waals surface area contributed by atoms with Crippen molar-refractivity contribution in [3.63, 3.8) is 0 Å². The SMILES string of the molecule is COc1cc(-c2noc(CN3CCC(N)C(C)(C)C3)n2)ccc1OC(F)F. The molecule has 1 aromatic carbocycles. The molecule has 1 fully saturated rings. The van der Waals surface area contributed by atoms with Crippen molar-refractivity contribution in [1.82, 2.24) is 15.0 Å². The molecule has 2 N–H and O–H groups in total. The maximum absolute atomic E-state index is 12.4. The molecule has 2 heterocycles. The van der Waals surface area contributed by atoms with Gasteiger partial charge in [0, 0.05) is 24.7 Å². The molecule has 0 aliphatic carbocycles. The molecule has 0 saturated carbocycles. The molecule has 0 radical (unpaired) electrons. The number of nitrogens with two attached hydrogens (primary N) is 1. The highest BCUT2D eigenvalue weighted by Gasteiger charge is 2.33. The summed E-state index contributed by atoms with van der Waals surface area (Å²) in [4.78, 5) is 6.65. The number of piperidine rings is 1. The van der Waals surface area contributed by atoms with Crippen molar-refractivity contribution in [3.8, 4) is 22.9 Å². The van der Waals surface area contributed by atoms with Crippen molar-refractivity contribution in [3.05, 3.63) is 24.1 Å². The molecule has 1 aliphatic rings. The molecule has 1 atom stereocenters. The highest BCUT2D eigenvalue weighted by Crippen LogP contribution is 2.33. The van der Waals surface area contributed by atoms with Crippen molar-refractivity contribution in [2.24, 2.45) is 11.1 Å². The van der Waals surface area contributed by atoms with E-state index in [-0.39, 0.29) is 23.0 Å². The molecule has 0 amide bonds. The van der Waals surface area contributed by atoms with Gasteiger partial charge in [-0.2, -0.15) is 13.8 Å². The van der Waals surface area contributed by atoms with Gasteiger partial charge in [0.2, 0.25) is 11.7 Å². The molecule has 3 rings (SSSR count). The van der Waals surface area contributed by atoms with E-state index < -0.39 is 6.61 Å². The zero-order valence-electron chi connectivity index (χ0n) is 15.6. The minimum Gasteiger partial charge on any atom is -0.493 e. The lowest BCUT2D eigenvalue weighted by Crippen LogP contribution is -2.52. The highest BCUT2D eigenvalue weighted by molar-refractivity contribution is 5.60. The third-order valence-corrected chi connectivity index (χ3v) is 4.86. The lowest BCUT2D eigenvalue weighted by molar-refractivity contribution is -0.0512. The molecule has 2 aromatic rings. The van der Waals surface area contributed by atoms with Gasteiger partial charge in [-0.1, -0.05) is 19.0 Å². The Morgan fingerprint density at radius 1 is 1.37 bits per heavy atom. The Morgan fingerprint density at radius 3 is 2.81 bits per heavy atom. The number of hydrogen-bond donors (Lipinski definition) is 1. The monoisotopic (exact) mass is 382 g/mol. The highest BCUT2D eigenvalue weighted by atomic mass is 19.3. The van der Waals surface area contributed by atoms with Gasteiger partial charge in [-0.3, -0.25) is 4.90 Å². The van der Waals surface area contributed by atoms with Crippen LogP contribution in [0.2, 0.25) is 0 Å². The smallest absolute Gasteiger partial charge is 0.387 e. The van der Waals surface area contributed by atoms with E-state index in [9.17, 15) is 8.78 Å². The van der Waals surface area contributed by atoms with Crippen LogP contribution in [0.1, 0.15) is 26.2 Å². The number of hydrogen-bond acceptors (Lipinski definition) is 7. The molecule has 1 aromatic heterocycles. The topological polar surface area (TPSA) is 86.6 Å². The summed E-state index contributed by atoms with van der Waals surface area (Å²) in [6.45, 7) is 3.63. The van der Waals surface area contributed by atoms with E-state index in [1.807, 2.05) is 0 Å². The summed E-state index contributed by atoms with van der Waals surface area (Å²) in [6.07, 6.45) is 0.913. The molecule has 1 unspecified atom stereocenters. The second-order valence-corrected chi connectivity index (χ2v) is 7.35. The van der Waals surface area contributed by atoms with Gasteiger partial charge in [0.25, 0.3) is 0 Å². The Kier molecular flexibility index (Phi) is 5.61. The number of alkyl halides is 2. The van der Waals surface area contributed by atoms with Crippen molar-refractivity contribution in [1.29, 1.82) is 0 Å². The molecule has 0 bridgehead atoms. The Bertz CT molecular complexity index is 782. The Hall–Kier alpha value is -2.26. The number of halogens is 2.